The van der Waals surface area contributed by atoms with Crippen LogP contribution < -0.4 is 4.90 Å². The lowest BCUT2D eigenvalue weighted by atomic mass is 10.2. The molecule has 0 spiro atoms. The number of halogens is 1. The molecule has 74 valence electrons. The fraction of sp³-hybridized carbons (Fsp3) is 0.364. The molecule has 3 heteroatoms. The average molecular weight is 210 g/mol. The molecule has 0 bridgehead atoms. The van der Waals surface area contributed by atoms with E-state index in [4.69, 9.17) is 11.6 Å². The summed E-state index contributed by atoms with van der Waals surface area (Å²) in [5.41, 5.74) is 1.98. The maximum atomic E-state index is 11.5. The van der Waals surface area contributed by atoms with Crippen molar-refractivity contribution in [2.45, 2.75) is 19.8 Å². The van der Waals surface area contributed by atoms with Gasteiger partial charge in [-0.05, 0) is 31.0 Å². The first kappa shape index (κ1) is 9.53. The first-order valence-corrected chi connectivity index (χ1v) is 5.13. The van der Waals surface area contributed by atoms with Crippen molar-refractivity contribution >= 4 is 23.2 Å². The highest BCUT2D eigenvalue weighted by molar-refractivity contribution is 6.33. The zero-order valence-corrected chi connectivity index (χ0v) is 8.84. The third-order valence-corrected chi connectivity index (χ3v) is 2.79. The van der Waals surface area contributed by atoms with Crippen molar-refractivity contribution in [1.29, 1.82) is 0 Å². The Bertz CT molecular complexity index is 376. The number of carbonyl (C=O) groups excluding carboxylic acids is 1. The summed E-state index contributed by atoms with van der Waals surface area (Å²) in [4.78, 5) is 13.3. The number of anilines is 1. The maximum Gasteiger partial charge on any atom is 0.227 e. The summed E-state index contributed by atoms with van der Waals surface area (Å²) in [7, 11) is 0. The smallest absolute Gasteiger partial charge is 0.227 e. The molecule has 2 rings (SSSR count). The van der Waals surface area contributed by atoms with Crippen LogP contribution in [0.25, 0.3) is 0 Å². The van der Waals surface area contributed by atoms with Gasteiger partial charge in [-0.3, -0.25) is 4.79 Å². The second kappa shape index (κ2) is 3.62. The average Bonchev–Trinajstić information content (AvgIpc) is 2.56. The van der Waals surface area contributed by atoms with E-state index in [1.807, 2.05) is 25.1 Å². The van der Waals surface area contributed by atoms with Crippen LogP contribution in [0.15, 0.2) is 18.2 Å². The molecule has 1 fully saturated rings. The molecule has 0 aliphatic carbocycles. The van der Waals surface area contributed by atoms with Crippen LogP contribution in [0, 0.1) is 6.92 Å². The van der Waals surface area contributed by atoms with Gasteiger partial charge in [0.1, 0.15) is 0 Å². The molecular formula is C11H12ClNO. The molecule has 1 aliphatic rings. The summed E-state index contributed by atoms with van der Waals surface area (Å²) in [5, 5.41) is 0.658. The van der Waals surface area contributed by atoms with E-state index in [0.717, 1.165) is 24.2 Å². The highest BCUT2D eigenvalue weighted by atomic mass is 35.5. The van der Waals surface area contributed by atoms with E-state index in [1.54, 1.807) is 4.90 Å². The normalized spacial score (nSPS) is 16.4. The van der Waals surface area contributed by atoms with E-state index in [9.17, 15) is 4.79 Å². The lowest BCUT2D eigenvalue weighted by molar-refractivity contribution is -0.117. The van der Waals surface area contributed by atoms with Crippen molar-refractivity contribution in [2.75, 3.05) is 11.4 Å². The van der Waals surface area contributed by atoms with Crippen molar-refractivity contribution in [3.63, 3.8) is 0 Å². The molecule has 1 aliphatic heterocycles. The number of amides is 1. The maximum absolute atomic E-state index is 11.5. The van der Waals surface area contributed by atoms with E-state index < -0.39 is 0 Å². The van der Waals surface area contributed by atoms with Crippen LogP contribution in [0.4, 0.5) is 5.69 Å². The fourth-order valence-corrected chi connectivity index (χ4v) is 1.95. The van der Waals surface area contributed by atoms with E-state index >= 15 is 0 Å². The van der Waals surface area contributed by atoms with Gasteiger partial charge in [0.2, 0.25) is 5.91 Å². The van der Waals surface area contributed by atoms with Gasteiger partial charge in [0.15, 0.2) is 0 Å². The van der Waals surface area contributed by atoms with Crippen molar-refractivity contribution in [3.05, 3.63) is 28.8 Å². The number of carbonyl (C=O) groups is 1. The van der Waals surface area contributed by atoms with E-state index in [0.29, 0.717) is 11.4 Å². The van der Waals surface area contributed by atoms with Gasteiger partial charge in [-0.25, -0.2) is 0 Å². The fourth-order valence-electron chi connectivity index (χ4n) is 1.73. The molecule has 1 aromatic carbocycles. The molecule has 2 nitrogen and oxygen atoms in total. The molecule has 1 saturated heterocycles. The summed E-state index contributed by atoms with van der Waals surface area (Å²) in [6.45, 7) is 2.79. The van der Waals surface area contributed by atoms with Crippen LogP contribution in [0.3, 0.4) is 0 Å². The van der Waals surface area contributed by atoms with Crippen LogP contribution in [-0.2, 0) is 4.79 Å². The highest BCUT2D eigenvalue weighted by Crippen LogP contribution is 2.29. The SMILES string of the molecule is Cc1ccc(Cl)c(N2CCCC2=O)c1. The van der Waals surface area contributed by atoms with Crippen LogP contribution in [-0.4, -0.2) is 12.5 Å². The molecule has 0 unspecified atom stereocenters. The Morgan fingerprint density at radius 3 is 2.86 bits per heavy atom. The van der Waals surface area contributed by atoms with E-state index in [-0.39, 0.29) is 5.91 Å². The summed E-state index contributed by atoms with van der Waals surface area (Å²) in [6, 6.07) is 5.76. The summed E-state index contributed by atoms with van der Waals surface area (Å²) >= 11 is 6.05. The Kier molecular flexibility index (Phi) is 2.46. The van der Waals surface area contributed by atoms with Gasteiger partial charge in [-0.1, -0.05) is 17.7 Å². The molecule has 0 N–H and O–H groups in total. The third-order valence-electron chi connectivity index (χ3n) is 2.47. The van der Waals surface area contributed by atoms with Crippen molar-refractivity contribution in [2.24, 2.45) is 0 Å². The van der Waals surface area contributed by atoms with Crippen molar-refractivity contribution < 1.29 is 4.79 Å². The molecule has 1 aromatic rings. The minimum Gasteiger partial charge on any atom is -0.311 e. The Labute approximate surface area is 88.5 Å². The number of benzene rings is 1. The minimum atomic E-state index is 0.178. The topological polar surface area (TPSA) is 20.3 Å². The predicted molar refractivity (Wildman–Crippen MR) is 57.8 cm³/mol. The van der Waals surface area contributed by atoms with E-state index in [2.05, 4.69) is 0 Å². The number of hydrogen-bond acceptors (Lipinski definition) is 1. The standard InChI is InChI=1S/C11H12ClNO/c1-8-4-5-9(12)10(7-8)13-6-2-3-11(13)14/h4-5,7H,2-3,6H2,1H3. The molecule has 0 saturated carbocycles. The minimum absolute atomic E-state index is 0.178. The van der Waals surface area contributed by atoms with Crippen molar-refractivity contribution in [3.8, 4) is 0 Å². The molecule has 1 amide bonds. The summed E-state index contributed by atoms with van der Waals surface area (Å²) < 4.78 is 0. The van der Waals surface area contributed by atoms with Gasteiger partial charge in [-0.15, -0.1) is 0 Å². The van der Waals surface area contributed by atoms with Gasteiger partial charge in [0, 0.05) is 13.0 Å². The van der Waals surface area contributed by atoms with Crippen LogP contribution in [0.2, 0.25) is 5.02 Å². The molecule has 0 atom stereocenters. The summed E-state index contributed by atoms with van der Waals surface area (Å²) in [5.74, 6) is 0.178. The Morgan fingerprint density at radius 1 is 1.43 bits per heavy atom. The first-order chi connectivity index (χ1) is 6.68. The monoisotopic (exact) mass is 209 g/mol. The Hall–Kier alpha value is -1.02. The Morgan fingerprint density at radius 2 is 2.21 bits per heavy atom. The number of hydrogen-bond donors (Lipinski definition) is 0. The van der Waals surface area contributed by atoms with Crippen LogP contribution in [0.1, 0.15) is 18.4 Å². The first-order valence-electron chi connectivity index (χ1n) is 4.75. The zero-order valence-electron chi connectivity index (χ0n) is 8.09. The van der Waals surface area contributed by atoms with Gasteiger partial charge in [-0.2, -0.15) is 0 Å². The summed E-state index contributed by atoms with van der Waals surface area (Å²) in [6.07, 6.45) is 1.58. The molecular weight excluding hydrogens is 198 g/mol. The second-order valence-electron chi connectivity index (χ2n) is 3.60. The third kappa shape index (κ3) is 1.62. The number of aryl methyl sites for hydroxylation is 1. The zero-order chi connectivity index (χ0) is 10.1. The molecule has 14 heavy (non-hydrogen) atoms. The van der Waals surface area contributed by atoms with Gasteiger partial charge in [0.05, 0.1) is 10.7 Å². The lowest BCUT2D eigenvalue weighted by Gasteiger charge is -2.17. The Balaban J connectivity index is 2.39. The largest absolute Gasteiger partial charge is 0.311 e. The molecule has 0 aromatic heterocycles. The van der Waals surface area contributed by atoms with Gasteiger partial charge in [0.25, 0.3) is 0 Å². The van der Waals surface area contributed by atoms with Crippen molar-refractivity contribution in [1.82, 2.24) is 0 Å². The van der Waals surface area contributed by atoms with E-state index in [1.165, 1.54) is 0 Å². The number of nitrogens with zero attached hydrogens (tertiary/aromatic N) is 1. The lowest BCUT2D eigenvalue weighted by Crippen LogP contribution is -2.23. The molecule has 0 radical (unpaired) electrons. The van der Waals surface area contributed by atoms with Crippen LogP contribution in [0.5, 0.6) is 0 Å². The molecule has 1 heterocycles. The van der Waals surface area contributed by atoms with Gasteiger partial charge >= 0.3 is 0 Å². The highest BCUT2D eigenvalue weighted by Gasteiger charge is 2.23. The quantitative estimate of drug-likeness (QED) is 0.697. The number of rotatable bonds is 1. The van der Waals surface area contributed by atoms with Crippen LogP contribution >= 0.6 is 11.6 Å². The van der Waals surface area contributed by atoms with Gasteiger partial charge < -0.3 is 4.90 Å². The predicted octanol–water partition coefficient (Wildman–Crippen LogP) is 2.78. The second-order valence-corrected chi connectivity index (χ2v) is 4.01.